The van der Waals surface area contributed by atoms with Crippen LogP contribution in [0.1, 0.15) is 37.8 Å². The van der Waals surface area contributed by atoms with Crippen LogP contribution in [0.2, 0.25) is 0 Å². The van der Waals surface area contributed by atoms with Gasteiger partial charge in [0, 0.05) is 17.8 Å². The van der Waals surface area contributed by atoms with E-state index in [1.54, 1.807) is 11.9 Å². The van der Waals surface area contributed by atoms with Crippen molar-refractivity contribution in [2.45, 2.75) is 52.6 Å². The number of likely N-dealkylation sites (N-methyl/N-ethyl adjacent to an activating group) is 1. The van der Waals surface area contributed by atoms with Gasteiger partial charge in [-0.25, -0.2) is 8.42 Å². The molecule has 3 atom stereocenters. The quantitative estimate of drug-likeness (QED) is 0.639. The van der Waals surface area contributed by atoms with Gasteiger partial charge in [-0.3, -0.25) is 9.59 Å². The van der Waals surface area contributed by atoms with Gasteiger partial charge in [-0.2, -0.15) is 0 Å². The standard InChI is InChI=1S/C21H33N3O4S/c1-6-16(3)24(18-10-11-29(27,28)14-18)21(26)13-23(5)12-20(25)22-19-9-7-8-15(2)17(19)4/h7-9,16,18H,6,10-14H2,1-5H3,(H,22,25)/p+1/t16-,18+/m0/s1. The second-order valence-electron chi connectivity index (χ2n) is 8.22. The van der Waals surface area contributed by atoms with Crippen LogP contribution in [0.5, 0.6) is 0 Å². The van der Waals surface area contributed by atoms with Crippen LogP contribution in [0.4, 0.5) is 5.69 Å². The molecule has 2 amide bonds. The zero-order valence-electron chi connectivity index (χ0n) is 18.1. The summed E-state index contributed by atoms with van der Waals surface area (Å²) in [4.78, 5) is 27.9. The number of nitrogens with zero attached hydrogens (tertiary/aromatic N) is 1. The van der Waals surface area contributed by atoms with Crippen molar-refractivity contribution >= 4 is 27.3 Å². The number of hydrogen-bond acceptors (Lipinski definition) is 4. The molecule has 0 radical (unpaired) electrons. The van der Waals surface area contributed by atoms with E-state index in [1.807, 2.05) is 45.9 Å². The lowest BCUT2D eigenvalue weighted by molar-refractivity contribution is -0.862. The van der Waals surface area contributed by atoms with E-state index in [0.29, 0.717) is 6.42 Å². The summed E-state index contributed by atoms with van der Waals surface area (Å²) >= 11 is 0. The maximum atomic E-state index is 13.0. The Morgan fingerprint density at radius 1 is 1.28 bits per heavy atom. The maximum absolute atomic E-state index is 13.0. The second kappa shape index (κ2) is 9.71. The molecule has 2 rings (SSSR count). The van der Waals surface area contributed by atoms with Gasteiger partial charge in [-0.15, -0.1) is 0 Å². The fourth-order valence-electron chi connectivity index (χ4n) is 3.77. The Bertz CT molecular complexity index is 853. The minimum atomic E-state index is -3.07. The third kappa shape index (κ3) is 6.27. The van der Waals surface area contributed by atoms with Crippen LogP contribution < -0.4 is 10.2 Å². The molecule has 0 spiro atoms. The average molecular weight is 425 g/mol. The van der Waals surface area contributed by atoms with Crippen LogP contribution >= 0.6 is 0 Å². The molecule has 1 heterocycles. The van der Waals surface area contributed by atoms with Gasteiger partial charge in [0.1, 0.15) is 0 Å². The van der Waals surface area contributed by atoms with Crippen molar-refractivity contribution in [1.29, 1.82) is 0 Å². The Hall–Kier alpha value is -1.93. The lowest BCUT2D eigenvalue weighted by Crippen LogP contribution is -3.11. The molecule has 7 nitrogen and oxygen atoms in total. The molecule has 0 saturated carbocycles. The monoisotopic (exact) mass is 424 g/mol. The highest BCUT2D eigenvalue weighted by molar-refractivity contribution is 7.91. The first-order chi connectivity index (χ1) is 13.5. The topological polar surface area (TPSA) is 88.0 Å². The molecule has 0 aliphatic carbocycles. The molecule has 2 N–H and O–H groups in total. The molecule has 0 bridgehead atoms. The average Bonchev–Trinajstić information content (AvgIpc) is 2.98. The summed E-state index contributed by atoms with van der Waals surface area (Å²) < 4.78 is 23.8. The van der Waals surface area contributed by atoms with Gasteiger partial charge < -0.3 is 15.1 Å². The van der Waals surface area contributed by atoms with Crippen molar-refractivity contribution in [3.8, 4) is 0 Å². The minimum absolute atomic E-state index is 0.0302. The molecule has 1 unspecified atom stereocenters. The van der Waals surface area contributed by atoms with E-state index in [1.165, 1.54) is 0 Å². The molecule has 0 aromatic heterocycles. The third-order valence-corrected chi connectivity index (χ3v) is 7.50. The Kier molecular flexibility index (Phi) is 7.82. The van der Waals surface area contributed by atoms with E-state index >= 15 is 0 Å². The van der Waals surface area contributed by atoms with E-state index in [2.05, 4.69) is 5.32 Å². The number of hydrogen-bond donors (Lipinski definition) is 2. The summed E-state index contributed by atoms with van der Waals surface area (Å²) in [5.41, 5.74) is 2.92. The first-order valence-electron chi connectivity index (χ1n) is 10.2. The zero-order valence-corrected chi connectivity index (χ0v) is 18.9. The number of rotatable bonds is 8. The number of sulfone groups is 1. The van der Waals surface area contributed by atoms with Gasteiger partial charge >= 0.3 is 0 Å². The van der Waals surface area contributed by atoms with Crippen LogP contribution in [0.15, 0.2) is 18.2 Å². The van der Waals surface area contributed by atoms with Crippen molar-refractivity contribution in [1.82, 2.24) is 4.90 Å². The van der Waals surface area contributed by atoms with Gasteiger partial charge in [0.15, 0.2) is 22.9 Å². The smallest absolute Gasteiger partial charge is 0.279 e. The van der Waals surface area contributed by atoms with E-state index in [0.717, 1.165) is 28.1 Å². The Balaban J connectivity index is 1.98. The lowest BCUT2D eigenvalue weighted by Gasteiger charge is -2.34. The molecule has 1 fully saturated rings. The molecular formula is C21H34N3O4S+. The molecule has 8 heteroatoms. The second-order valence-corrected chi connectivity index (χ2v) is 10.5. The van der Waals surface area contributed by atoms with Crippen molar-refractivity contribution in [2.24, 2.45) is 0 Å². The first kappa shape index (κ1) is 23.3. The molecule has 29 heavy (non-hydrogen) atoms. The molecule has 162 valence electrons. The number of aryl methyl sites for hydroxylation is 1. The van der Waals surface area contributed by atoms with E-state index in [9.17, 15) is 18.0 Å². The van der Waals surface area contributed by atoms with Crippen LogP contribution in [0, 0.1) is 13.8 Å². The predicted octanol–water partition coefficient (Wildman–Crippen LogP) is 0.571. The summed E-state index contributed by atoms with van der Waals surface area (Å²) in [6.45, 7) is 8.21. The summed E-state index contributed by atoms with van der Waals surface area (Å²) in [7, 11) is -1.26. The van der Waals surface area contributed by atoms with E-state index in [4.69, 9.17) is 0 Å². The van der Waals surface area contributed by atoms with Crippen molar-refractivity contribution < 1.29 is 22.9 Å². The number of benzene rings is 1. The van der Waals surface area contributed by atoms with Gasteiger partial charge in [-0.05, 0) is 50.8 Å². The van der Waals surface area contributed by atoms with E-state index < -0.39 is 9.84 Å². The Labute approximate surface area is 174 Å². The molecular weight excluding hydrogens is 390 g/mol. The van der Waals surface area contributed by atoms with Gasteiger partial charge in [0.2, 0.25) is 0 Å². The number of anilines is 1. The van der Waals surface area contributed by atoms with E-state index in [-0.39, 0.29) is 48.5 Å². The van der Waals surface area contributed by atoms with Crippen LogP contribution in [0.25, 0.3) is 0 Å². The molecule has 1 aromatic carbocycles. The summed E-state index contributed by atoms with van der Waals surface area (Å²) in [5.74, 6) is -0.0744. The van der Waals surface area contributed by atoms with Crippen LogP contribution in [0.3, 0.4) is 0 Å². The van der Waals surface area contributed by atoms with Crippen LogP contribution in [-0.4, -0.2) is 68.9 Å². The van der Waals surface area contributed by atoms with Crippen molar-refractivity contribution in [2.75, 3.05) is 37.0 Å². The third-order valence-electron chi connectivity index (χ3n) is 5.75. The van der Waals surface area contributed by atoms with Gasteiger partial charge in [0.25, 0.3) is 11.8 Å². The normalized spacial score (nSPS) is 20.1. The predicted molar refractivity (Wildman–Crippen MR) is 115 cm³/mol. The highest BCUT2D eigenvalue weighted by atomic mass is 32.2. The minimum Gasteiger partial charge on any atom is -0.331 e. The summed E-state index contributed by atoms with van der Waals surface area (Å²) in [6.07, 6.45) is 1.25. The van der Waals surface area contributed by atoms with Gasteiger partial charge in [-0.1, -0.05) is 19.1 Å². The van der Waals surface area contributed by atoms with Gasteiger partial charge in [0.05, 0.1) is 18.6 Å². The fourth-order valence-corrected chi connectivity index (χ4v) is 5.48. The lowest BCUT2D eigenvalue weighted by atomic mass is 10.1. The fraction of sp³-hybridized carbons (Fsp3) is 0.619. The highest BCUT2D eigenvalue weighted by Gasteiger charge is 2.37. The van der Waals surface area contributed by atoms with Crippen molar-refractivity contribution in [3.05, 3.63) is 29.3 Å². The number of quaternary nitrogens is 1. The largest absolute Gasteiger partial charge is 0.331 e. The maximum Gasteiger partial charge on any atom is 0.279 e. The summed E-state index contributed by atoms with van der Waals surface area (Å²) in [6, 6.07) is 5.47. The Morgan fingerprint density at radius 3 is 2.55 bits per heavy atom. The van der Waals surface area contributed by atoms with Crippen LogP contribution in [-0.2, 0) is 19.4 Å². The zero-order chi connectivity index (χ0) is 21.8. The SMILES string of the molecule is CC[C@H](C)N(C(=O)C[NH+](C)CC(=O)Nc1cccc(C)c1C)[C@@H]1CCS(=O)(=O)C1. The molecule has 1 saturated heterocycles. The highest BCUT2D eigenvalue weighted by Crippen LogP contribution is 2.21. The number of carbonyl (C=O) groups excluding carboxylic acids is 2. The molecule has 1 aliphatic rings. The number of nitrogens with one attached hydrogen (secondary N) is 2. The number of amides is 2. The number of carbonyl (C=O) groups is 2. The van der Waals surface area contributed by atoms with Crippen molar-refractivity contribution in [3.63, 3.8) is 0 Å². The Morgan fingerprint density at radius 2 is 1.97 bits per heavy atom. The first-order valence-corrected chi connectivity index (χ1v) is 12.0. The summed E-state index contributed by atoms with van der Waals surface area (Å²) in [5, 5.41) is 2.92. The molecule has 1 aromatic rings. The molecule has 1 aliphatic heterocycles.